The fraction of sp³-hybridized carbons (Fsp3) is 0.389. The number of urea groups is 1. The molecule has 0 radical (unpaired) electrons. The summed E-state index contributed by atoms with van der Waals surface area (Å²) in [7, 11) is 0. The fourth-order valence-electron chi connectivity index (χ4n) is 2.88. The van der Waals surface area contributed by atoms with Gasteiger partial charge in [-0.2, -0.15) is 0 Å². The normalized spacial score (nSPS) is 20.8. The number of amides is 3. The van der Waals surface area contributed by atoms with Gasteiger partial charge in [0.15, 0.2) is 5.76 Å². The summed E-state index contributed by atoms with van der Waals surface area (Å²) >= 11 is 0. The third kappa shape index (κ3) is 2.68. The summed E-state index contributed by atoms with van der Waals surface area (Å²) < 4.78 is 5.11. The average molecular weight is 327 g/mol. The van der Waals surface area contributed by atoms with Crippen LogP contribution in [0.15, 0.2) is 34.9 Å². The summed E-state index contributed by atoms with van der Waals surface area (Å²) in [4.78, 5) is 26.3. The molecule has 126 valence electrons. The van der Waals surface area contributed by atoms with Gasteiger partial charge in [0.05, 0.1) is 12.2 Å². The molecule has 6 heteroatoms. The molecule has 1 aliphatic heterocycles. The molecule has 1 fully saturated rings. The van der Waals surface area contributed by atoms with Gasteiger partial charge in [0.2, 0.25) is 0 Å². The lowest BCUT2D eigenvalue weighted by molar-refractivity contribution is -0.131. The molecule has 6 nitrogen and oxygen atoms in total. The second-order valence-electron chi connectivity index (χ2n) is 6.66. The Morgan fingerprint density at radius 1 is 1.25 bits per heavy atom. The second-order valence-corrected chi connectivity index (χ2v) is 6.66. The number of aryl methyl sites for hydroxylation is 1. The van der Waals surface area contributed by atoms with Gasteiger partial charge >= 0.3 is 6.03 Å². The van der Waals surface area contributed by atoms with Crippen LogP contribution in [0.1, 0.15) is 49.3 Å². The second kappa shape index (κ2) is 5.78. The minimum absolute atomic E-state index is 0.0746. The molecular formula is C18H21N3O3. The number of benzene rings is 1. The molecule has 3 rings (SSSR count). The Bertz CT molecular complexity index is 779. The molecule has 1 aromatic heterocycles. The molecule has 2 heterocycles. The zero-order valence-electron chi connectivity index (χ0n) is 14.3. The van der Waals surface area contributed by atoms with Crippen molar-refractivity contribution in [2.45, 2.75) is 45.7 Å². The molecule has 24 heavy (non-hydrogen) atoms. The van der Waals surface area contributed by atoms with Crippen LogP contribution in [0.25, 0.3) is 0 Å². The first-order chi connectivity index (χ1) is 11.3. The van der Waals surface area contributed by atoms with Gasteiger partial charge in [0.1, 0.15) is 5.54 Å². The predicted molar refractivity (Wildman–Crippen MR) is 88.2 cm³/mol. The topological polar surface area (TPSA) is 75.4 Å². The van der Waals surface area contributed by atoms with Crippen LogP contribution < -0.4 is 5.32 Å². The maximum absolute atomic E-state index is 12.8. The van der Waals surface area contributed by atoms with Gasteiger partial charge in [-0.15, -0.1) is 0 Å². The van der Waals surface area contributed by atoms with E-state index in [1.165, 1.54) is 5.56 Å². The quantitative estimate of drug-likeness (QED) is 0.876. The summed E-state index contributed by atoms with van der Waals surface area (Å²) in [6.07, 6.45) is 0. The number of carbonyl (C=O) groups is 2. The molecule has 0 saturated carbocycles. The molecular weight excluding hydrogens is 306 g/mol. The number of carbonyl (C=O) groups excluding carboxylic acids is 2. The van der Waals surface area contributed by atoms with Crippen LogP contribution in [0.2, 0.25) is 0 Å². The molecule has 0 unspecified atom stereocenters. The lowest BCUT2D eigenvalue weighted by Gasteiger charge is -2.22. The third-order valence-corrected chi connectivity index (χ3v) is 4.42. The van der Waals surface area contributed by atoms with Crippen molar-refractivity contribution in [3.8, 4) is 0 Å². The molecule has 0 bridgehead atoms. The SMILES string of the molecule is Cc1cc(CN2C(=O)N[C@](C)(c3ccc(C(C)C)cc3)C2=O)on1. The molecule has 1 aromatic carbocycles. The highest BCUT2D eigenvalue weighted by Gasteiger charge is 2.49. The van der Waals surface area contributed by atoms with Crippen LogP contribution in [0.4, 0.5) is 4.79 Å². The Hall–Kier alpha value is -2.63. The van der Waals surface area contributed by atoms with Crippen LogP contribution in [-0.4, -0.2) is 22.0 Å². The Morgan fingerprint density at radius 3 is 2.46 bits per heavy atom. The smallest absolute Gasteiger partial charge is 0.325 e. The molecule has 1 N–H and O–H groups in total. The minimum Gasteiger partial charge on any atom is -0.359 e. The van der Waals surface area contributed by atoms with Crippen LogP contribution in [0, 0.1) is 6.92 Å². The first-order valence-corrected chi connectivity index (χ1v) is 7.98. The van der Waals surface area contributed by atoms with Gasteiger partial charge in [-0.3, -0.25) is 9.69 Å². The van der Waals surface area contributed by atoms with Gasteiger partial charge in [-0.1, -0.05) is 43.3 Å². The largest absolute Gasteiger partial charge is 0.359 e. The molecule has 3 amide bonds. The van der Waals surface area contributed by atoms with E-state index >= 15 is 0 Å². The maximum atomic E-state index is 12.8. The van der Waals surface area contributed by atoms with E-state index in [2.05, 4.69) is 24.3 Å². The molecule has 1 saturated heterocycles. The summed E-state index contributed by atoms with van der Waals surface area (Å²) in [5.41, 5.74) is 1.60. The van der Waals surface area contributed by atoms with Crippen molar-refractivity contribution in [1.29, 1.82) is 0 Å². The summed E-state index contributed by atoms with van der Waals surface area (Å²) in [5, 5.41) is 6.58. The Labute approximate surface area is 140 Å². The average Bonchev–Trinajstić information content (AvgIpc) is 3.05. The van der Waals surface area contributed by atoms with Crippen molar-refractivity contribution in [3.05, 3.63) is 52.9 Å². The van der Waals surface area contributed by atoms with E-state index < -0.39 is 11.6 Å². The van der Waals surface area contributed by atoms with E-state index in [9.17, 15) is 9.59 Å². The number of imide groups is 1. The summed E-state index contributed by atoms with van der Waals surface area (Å²) in [6, 6.07) is 9.07. The van der Waals surface area contributed by atoms with Crippen molar-refractivity contribution in [2.24, 2.45) is 0 Å². The van der Waals surface area contributed by atoms with E-state index in [4.69, 9.17) is 4.52 Å². The van der Waals surface area contributed by atoms with Gasteiger partial charge in [-0.25, -0.2) is 4.79 Å². The van der Waals surface area contributed by atoms with Gasteiger partial charge in [0.25, 0.3) is 5.91 Å². The van der Waals surface area contributed by atoms with E-state index in [-0.39, 0.29) is 12.5 Å². The number of aromatic nitrogens is 1. The number of rotatable bonds is 4. The summed E-state index contributed by atoms with van der Waals surface area (Å²) in [5.74, 6) is 0.598. The minimum atomic E-state index is -1.07. The molecule has 0 spiro atoms. The first-order valence-electron chi connectivity index (χ1n) is 7.98. The van der Waals surface area contributed by atoms with Crippen molar-refractivity contribution in [3.63, 3.8) is 0 Å². The maximum Gasteiger partial charge on any atom is 0.325 e. The molecule has 1 aliphatic rings. The van der Waals surface area contributed by atoms with Crippen molar-refractivity contribution >= 4 is 11.9 Å². The van der Waals surface area contributed by atoms with Crippen molar-refractivity contribution < 1.29 is 14.1 Å². The zero-order valence-corrected chi connectivity index (χ0v) is 14.3. The molecule has 0 aliphatic carbocycles. The highest BCUT2D eigenvalue weighted by Crippen LogP contribution is 2.30. The third-order valence-electron chi connectivity index (χ3n) is 4.42. The monoisotopic (exact) mass is 327 g/mol. The van der Waals surface area contributed by atoms with E-state index in [0.717, 1.165) is 10.5 Å². The predicted octanol–water partition coefficient (Wildman–Crippen LogP) is 3.07. The molecule has 1 atom stereocenters. The van der Waals surface area contributed by atoms with Crippen molar-refractivity contribution in [1.82, 2.24) is 15.4 Å². The summed E-state index contributed by atoms with van der Waals surface area (Å²) in [6.45, 7) is 7.81. The first kappa shape index (κ1) is 16.2. The number of hydrogen-bond donors (Lipinski definition) is 1. The van der Waals surface area contributed by atoms with Gasteiger partial charge in [-0.05, 0) is 30.9 Å². The van der Waals surface area contributed by atoms with Gasteiger partial charge < -0.3 is 9.84 Å². The van der Waals surface area contributed by atoms with Crippen LogP contribution in [0.3, 0.4) is 0 Å². The van der Waals surface area contributed by atoms with Crippen LogP contribution in [0.5, 0.6) is 0 Å². The lowest BCUT2D eigenvalue weighted by atomic mass is 9.90. The molecule has 2 aromatic rings. The van der Waals surface area contributed by atoms with E-state index in [0.29, 0.717) is 17.4 Å². The van der Waals surface area contributed by atoms with E-state index in [1.54, 1.807) is 19.9 Å². The Morgan fingerprint density at radius 2 is 1.92 bits per heavy atom. The Kier molecular flexibility index (Phi) is 3.91. The highest BCUT2D eigenvalue weighted by molar-refractivity contribution is 6.07. The van der Waals surface area contributed by atoms with Crippen molar-refractivity contribution in [2.75, 3.05) is 0 Å². The standard InChI is InChI=1S/C18H21N3O3/c1-11(2)13-5-7-14(8-6-13)18(4)16(22)21(17(23)19-18)10-15-9-12(3)20-24-15/h5-9,11H,10H2,1-4H3,(H,19,23)/t18-/m1/s1. The zero-order chi connectivity index (χ0) is 17.5. The number of nitrogens with one attached hydrogen (secondary N) is 1. The number of hydrogen-bond acceptors (Lipinski definition) is 4. The Balaban J connectivity index is 1.86. The number of nitrogens with zero attached hydrogens (tertiary/aromatic N) is 2. The lowest BCUT2D eigenvalue weighted by Crippen LogP contribution is -2.40. The van der Waals surface area contributed by atoms with Crippen LogP contribution in [-0.2, 0) is 16.9 Å². The van der Waals surface area contributed by atoms with E-state index in [1.807, 2.05) is 24.3 Å². The highest BCUT2D eigenvalue weighted by atomic mass is 16.5. The fourth-order valence-corrected chi connectivity index (χ4v) is 2.88. The van der Waals surface area contributed by atoms with Crippen LogP contribution >= 0.6 is 0 Å². The van der Waals surface area contributed by atoms with Gasteiger partial charge in [0, 0.05) is 6.07 Å².